The zero-order chi connectivity index (χ0) is 12.4. The number of aromatic nitrogens is 1. The molecule has 0 aliphatic heterocycles. The van der Waals surface area contributed by atoms with Crippen molar-refractivity contribution >= 4 is 16.9 Å². The van der Waals surface area contributed by atoms with Crippen LogP contribution in [0.4, 0.5) is 0 Å². The number of aromatic hydroxyl groups is 1. The Morgan fingerprint density at radius 3 is 2.82 bits per heavy atom. The topological polar surface area (TPSA) is 62.5 Å². The Morgan fingerprint density at radius 1 is 1.41 bits per heavy atom. The van der Waals surface area contributed by atoms with Crippen molar-refractivity contribution in [1.29, 1.82) is 0 Å². The van der Waals surface area contributed by atoms with Crippen LogP contribution in [0.3, 0.4) is 0 Å². The fourth-order valence-corrected chi connectivity index (χ4v) is 2.09. The molecule has 1 aromatic carbocycles. The van der Waals surface area contributed by atoms with Crippen LogP contribution in [0.5, 0.6) is 5.75 Å². The second kappa shape index (κ2) is 4.49. The van der Waals surface area contributed by atoms with Gasteiger partial charge < -0.3 is 14.8 Å². The number of rotatable bonds is 4. The first-order valence-electron chi connectivity index (χ1n) is 5.64. The van der Waals surface area contributed by atoms with Crippen LogP contribution in [0.15, 0.2) is 24.4 Å². The maximum absolute atomic E-state index is 10.8. The van der Waals surface area contributed by atoms with E-state index in [-0.39, 0.29) is 12.2 Å². The van der Waals surface area contributed by atoms with Crippen LogP contribution < -0.4 is 0 Å². The molecule has 0 radical (unpaired) electrons. The highest BCUT2D eigenvalue weighted by Gasteiger charge is 2.11. The van der Waals surface area contributed by atoms with E-state index in [9.17, 15) is 9.90 Å². The predicted molar refractivity (Wildman–Crippen MR) is 65.2 cm³/mol. The van der Waals surface area contributed by atoms with E-state index in [1.165, 1.54) is 0 Å². The van der Waals surface area contributed by atoms with Gasteiger partial charge in [-0.3, -0.25) is 4.79 Å². The normalized spacial score (nSPS) is 10.9. The molecule has 0 amide bonds. The second-order valence-corrected chi connectivity index (χ2v) is 4.12. The maximum Gasteiger partial charge on any atom is 0.307 e. The van der Waals surface area contributed by atoms with Gasteiger partial charge in [0, 0.05) is 24.2 Å². The van der Waals surface area contributed by atoms with Gasteiger partial charge in [0.05, 0.1) is 11.9 Å². The molecule has 17 heavy (non-hydrogen) atoms. The van der Waals surface area contributed by atoms with Crippen LogP contribution in [-0.4, -0.2) is 20.7 Å². The molecule has 0 saturated carbocycles. The number of nitrogens with zero attached hydrogens (tertiary/aromatic N) is 1. The van der Waals surface area contributed by atoms with Crippen LogP contribution in [-0.2, 0) is 17.8 Å². The minimum atomic E-state index is -0.839. The van der Waals surface area contributed by atoms with Crippen molar-refractivity contribution in [3.63, 3.8) is 0 Å². The molecule has 0 bridgehead atoms. The van der Waals surface area contributed by atoms with E-state index in [4.69, 9.17) is 5.11 Å². The van der Waals surface area contributed by atoms with Gasteiger partial charge in [-0.15, -0.1) is 0 Å². The van der Waals surface area contributed by atoms with E-state index in [2.05, 4.69) is 6.92 Å². The number of phenols is 1. The second-order valence-electron chi connectivity index (χ2n) is 4.12. The predicted octanol–water partition coefficient (Wildman–Crippen LogP) is 2.38. The summed E-state index contributed by atoms with van der Waals surface area (Å²) in [7, 11) is 0. The first-order valence-corrected chi connectivity index (χ1v) is 5.64. The zero-order valence-corrected chi connectivity index (χ0v) is 9.68. The molecule has 0 aliphatic carbocycles. The van der Waals surface area contributed by atoms with Crippen LogP contribution in [0.1, 0.15) is 18.9 Å². The number of carboxylic acids is 1. The SMILES string of the molecule is CCCn1cc(CC(=O)O)c2ccc(O)cc21. The molecule has 90 valence electrons. The number of hydrogen-bond acceptors (Lipinski definition) is 2. The summed E-state index contributed by atoms with van der Waals surface area (Å²) in [6.07, 6.45) is 2.84. The van der Waals surface area contributed by atoms with Crippen molar-refractivity contribution in [2.24, 2.45) is 0 Å². The molecule has 2 rings (SSSR count). The number of benzene rings is 1. The Labute approximate surface area is 99.1 Å². The molecule has 2 N–H and O–H groups in total. The molecule has 0 atom stereocenters. The Hall–Kier alpha value is -1.97. The molecule has 0 unspecified atom stereocenters. The minimum absolute atomic E-state index is 0.0119. The standard InChI is InChI=1S/C13H15NO3/c1-2-5-14-8-9(6-13(16)17)11-4-3-10(15)7-12(11)14/h3-4,7-8,15H,2,5-6H2,1H3,(H,16,17). The maximum atomic E-state index is 10.8. The van der Waals surface area contributed by atoms with Gasteiger partial charge in [0.15, 0.2) is 0 Å². The van der Waals surface area contributed by atoms with E-state index in [0.717, 1.165) is 29.4 Å². The summed E-state index contributed by atoms with van der Waals surface area (Å²) >= 11 is 0. The fraction of sp³-hybridized carbons (Fsp3) is 0.308. The van der Waals surface area contributed by atoms with Crippen LogP contribution in [0.2, 0.25) is 0 Å². The summed E-state index contributed by atoms with van der Waals surface area (Å²) in [5, 5.41) is 19.2. The van der Waals surface area contributed by atoms with Gasteiger partial charge in [0.1, 0.15) is 5.75 Å². The number of aryl methyl sites for hydroxylation is 1. The van der Waals surface area contributed by atoms with Crippen molar-refractivity contribution in [1.82, 2.24) is 4.57 Å². The molecular formula is C13H15NO3. The summed E-state index contributed by atoms with van der Waals surface area (Å²) in [5.74, 6) is -0.636. The summed E-state index contributed by atoms with van der Waals surface area (Å²) in [6.45, 7) is 2.88. The summed E-state index contributed by atoms with van der Waals surface area (Å²) in [6, 6.07) is 5.04. The zero-order valence-electron chi connectivity index (χ0n) is 9.68. The number of fused-ring (bicyclic) bond motifs is 1. The molecule has 1 heterocycles. The lowest BCUT2D eigenvalue weighted by molar-refractivity contribution is -0.136. The largest absolute Gasteiger partial charge is 0.508 e. The van der Waals surface area contributed by atoms with Gasteiger partial charge in [0.2, 0.25) is 0 Å². The van der Waals surface area contributed by atoms with Crippen molar-refractivity contribution < 1.29 is 15.0 Å². The highest BCUT2D eigenvalue weighted by molar-refractivity contribution is 5.88. The molecule has 4 nitrogen and oxygen atoms in total. The summed E-state index contributed by atoms with van der Waals surface area (Å²) in [5.41, 5.74) is 1.68. The quantitative estimate of drug-likeness (QED) is 0.852. The van der Waals surface area contributed by atoms with Gasteiger partial charge >= 0.3 is 5.97 Å². The van der Waals surface area contributed by atoms with Gasteiger partial charge in [-0.2, -0.15) is 0 Å². The number of carboxylic acid groups (broad SMARTS) is 1. The van der Waals surface area contributed by atoms with Crippen molar-refractivity contribution in [3.05, 3.63) is 30.0 Å². The highest BCUT2D eigenvalue weighted by atomic mass is 16.4. The third kappa shape index (κ3) is 2.25. The third-order valence-electron chi connectivity index (χ3n) is 2.75. The van der Waals surface area contributed by atoms with E-state index in [1.54, 1.807) is 18.2 Å². The van der Waals surface area contributed by atoms with Crippen LogP contribution in [0.25, 0.3) is 10.9 Å². The minimum Gasteiger partial charge on any atom is -0.508 e. The first kappa shape index (κ1) is 11.5. The van der Waals surface area contributed by atoms with E-state index in [1.807, 2.05) is 10.8 Å². The molecule has 4 heteroatoms. The summed E-state index contributed by atoms with van der Waals surface area (Å²) in [4.78, 5) is 10.8. The number of carbonyl (C=O) groups is 1. The Kier molecular flexibility index (Phi) is 3.04. The Morgan fingerprint density at radius 2 is 2.18 bits per heavy atom. The highest BCUT2D eigenvalue weighted by Crippen LogP contribution is 2.26. The lowest BCUT2D eigenvalue weighted by Gasteiger charge is -2.02. The lowest BCUT2D eigenvalue weighted by atomic mass is 10.1. The van der Waals surface area contributed by atoms with Gasteiger partial charge in [0.25, 0.3) is 0 Å². The Balaban J connectivity index is 2.57. The average Bonchev–Trinajstić information content (AvgIpc) is 2.56. The average molecular weight is 233 g/mol. The van der Waals surface area contributed by atoms with Gasteiger partial charge in [-0.25, -0.2) is 0 Å². The van der Waals surface area contributed by atoms with Gasteiger partial charge in [-0.05, 0) is 24.1 Å². The van der Waals surface area contributed by atoms with Crippen molar-refractivity contribution in [2.45, 2.75) is 26.3 Å². The van der Waals surface area contributed by atoms with E-state index < -0.39 is 5.97 Å². The van der Waals surface area contributed by atoms with E-state index in [0.29, 0.717) is 0 Å². The Bertz CT molecular complexity index is 557. The molecular weight excluding hydrogens is 218 g/mol. The van der Waals surface area contributed by atoms with Crippen LogP contribution in [0, 0.1) is 0 Å². The lowest BCUT2D eigenvalue weighted by Crippen LogP contribution is -1.99. The molecule has 2 aromatic rings. The molecule has 0 fully saturated rings. The molecule has 0 spiro atoms. The number of aliphatic carboxylic acids is 1. The first-order chi connectivity index (χ1) is 8.11. The van der Waals surface area contributed by atoms with E-state index >= 15 is 0 Å². The molecule has 1 aromatic heterocycles. The van der Waals surface area contributed by atoms with Crippen molar-refractivity contribution in [3.8, 4) is 5.75 Å². The fourth-order valence-electron chi connectivity index (χ4n) is 2.09. The number of phenolic OH excluding ortho intramolecular Hbond substituents is 1. The smallest absolute Gasteiger partial charge is 0.307 e. The third-order valence-corrected chi connectivity index (χ3v) is 2.75. The summed E-state index contributed by atoms with van der Waals surface area (Å²) < 4.78 is 1.99. The van der Waals surface area contributed by atoms with Gasteiger partial charge in [-0.1, -0.05) is 6.92 Å². The van der Waals surface area contributed by atoms with Crippen molar-refractivity contribution in [2.75, 3.05) is 0 Å². The molecule has 0 aliphatic rings. The monoisotopic (exact) mass is 233 g/mol. The number of hydrogen-bond donors (Lipinski definition) is 2. The van der Waals surface area contributed by atoms with Crippen LogP contribution >= 0.6 is 0 Å². The molecule has 0 saturated heterocycles.